The number of nitrogen functional groups attached to an aromatic ring is 1. The van der Waals surface area contributed by atoms with Gasteiger partial charge in [0.05, 0.1) is 11.3 Å². The number of aromatic nitrogens is 4. The largest absolute Gasteiger partial charge is 0.480 e. The molecule has 2 saturated heterocycles. The first-order valence-electron chi connectivity index (χ1n) is 15.4. The zero-order valence-corrected chi connectivity index (χ0v) is 26.8. The summed E-state index contributed by atoms with van der Waals surface area (Å²) in [6, 6.07) is 6.60. The number of allylic oxidation sites excluding steroid dienone is 3. The van der Waals surface area contributed by atoms with Crippen LogP contribution in [0.25, 0.3) is 5.57 Å². The van der Waals surface area contributed by atoms with Crippen molar-refractivity contribution >= 4 is 34.9 Å². The molecule has 4 heterocycles. The Kier molecular flexibility index (Phi) is 8.84. The Hall–Kier alpha value is -4.31. The summed E-state index contributed by atoms with van der Waals surface area (Å²) < 4.78 is 92.0. The Morgan fingerprint density at radius 2 is 1.86 bits per heavy atom. The summed E-state index contributed by atoms with van der Waals surface area (Å²) in [6.07, 6.45) is -7.20. The molecule has 2 aromatic heterocycles. The fourth-order valence-corrected chi connectivity index (χ4v) is 7.10. The Morgan fingerprint density at radius 3 is 2.47 bits per heavy atom. The number of alkyl halides is 7. The number of aryl methyl sites for hydroxylation is 1. The van der Waals surface area contributed by atoms with Gasteiger partial charge < -0.3 is 25.8 Å². The number of hydrogen-bond acceptors (Lipinski definition) is 8. The number of aliphatic carboxylic acids is 1. The standard InChI is InChI=1S/C32H32ClF6N7O3/c1-18-7-10-46(44-18)30(33)15-20(19-3-2-4-21(13-19)31(34,35)36)5-6-22(30)26(32(37,38)39)49-25-14-24(42-28(40)43-25)45-11-8-29(9-12-45)16-23(27(47)48)41-17-29/h2-7,10,13-14,23,26,41H,8-9,11-12,15-17H2,1H3,(H,47,48)(H2,40,42,43)/t23?,26-,30?/m1/s1. The lowest BCUT2D eigenvalue weighted by molar-refractivity contribution is -0.186. The molecule has 49 heavy (non-hydrogen) atoms. The molecule has 1 aromatic carbocycles. The molecule has 6 rings (SSSR count). The highest BCUT2D eigenvalue weighted by atomic mass is 35.5. The van der Waals surface area contributed by atoms with Crippen LogP contribution in [0.3, 0.4) is 0 Å². The van der Waals surface area contributed by atoms with Gasteiger partial charge in [-0.15, -0.1) is 0 Å². The number of piperidine rings is 1. The van der Waals surface area contributed by atoms with Crippen LogP contribution >= 0.6 is 11.6 Å². The summed E-state index contributed by atoms with van der Waals surface area (Å²) in [5.74, 6) is -1.47. The van der Waals surface area contributed by atoms with Gasteiger partial charge in [0.1, 0.15) is 11.9 Å². The highest BCUT2D eigenvalue weighted by Crippen LogP contribution is 2.48. The van der Waals surface area contributed by atoms with E-state index >= 15 is 0 Å². The molecule has 2 fully saturated rings. The Labute approximate surface area is 281 Å². The van der Waals surface area contributed by atoms with Crippen LogP contribution in [0.15, 0.2) is 60.3 Å². The summed E-state index contributed by atoms with van der Waals surface area (Å²) in [7, 11) is 0. The number of nitrogens with two attached hydrogens (primary N) is 1. The molecule has 2 aliphatic heterocycles. The lowest BCUT2D eigenvalue weighted by atomic mass is 9.76. The Balaban J connectivity index is 1.32. The number of anilines is 2. The molecule has 0 amide bonds. The van der Waals surface area contributed by atoms with E-state index in [0.717, 1.165) is 22.9 Å². The van der Waals surface area contributed by atoms with Crippen molar-refractivity contribution in [2.45, 2.75) is 62.1 Å². The van der Waals surface area contributed by atoms with E-state index in [2.05, 4.69) is 20.4 Å². The van der Waals surface area contributed by atoms with E-state index in [0.29, 0.717) is 44.6 Å². The number of carbonyl (C=O) groups is 1. The second-order valence-corrected chi connectivity index (χ2v) is 13.3. The monoisotopic (exact) mass is 711 g/mol. The third-order valence-electron chi connectivity index (χ3n) is 9.31. The van der Waals surface area contributed by atoms with Gasteiger partial charge in [-0.05, 0) is 60.9 Å². The van der Waals surface area contributed by atoms with Crippen molar-refractivity contribution in [2.24, 2.45) is 5.41 Å². The van der Waals surface area contributed by atoms with Gasteiger partial charge in [0.25, 0.3) is 0 Å². The maximum Gasteiger partial charge on any atom is 0.429 e. The van der Waals surface area contributed by atoms with Crippen LogP contribution in [0, 0.1) is 12.3 Å². The first-order valence-corrected chi connectivity index (χ1v) is 15.7. The van der Waals surface area contributed by atoms with E-state index in [4.69, 9.17) is 22.1 Å². The van der Waals surface area contributed by atoms with Gasteiger partial charge in [0.2, 0.25) is 17.9 Å². The van der Waals surface area contributed by atoms with E-state index in [1.54, 1.807) is 6.92 Å². The van der Waals surface area contributed by atoms with Crippen LogP contribution in [0.1, 0.15) is 42.5 Å². The fraction of sp³-hybridized carbons (Fsp3) is 0.438. The number of carboxylic acids is 1. The van der Waals surface area contributed by atoms with Gasteiger partial charge in [-0.2, -0.15) is 41.4 Å². The topological polar surface area (TPSA) is 131 Å². The normalized spacial score (nSPS) is 23.3. The molecule has 0 radical (unpaired) electrons. The summed E-state index contributed by atoms with van der Waals surface area (Å²) >= 11 is 7.08. The maximum atomic E-state index is 14.9. The number of nitrogens with zero attached hydrogens (tertiary/aromatic N) is 5. The zero-order valence-electron chi connectivity index (χ0n) is 26.0. The average Bonchev–Trinajstić information content (AvgIpc) is 3.66. The third kappa shape index (κ3) is 7.06. The molecule has 2 unspecified atom stereocenters. The number of carboxylic acid groups (broad SMARTS) is 1. The molecule has 0 bridgehead atoms. The molecule has 3 atom stereocenters. The van der Waals surface area contributed by atoms with Gasteiger partial charge in [-0.3, -0.25) is 4.79 Å². The zero-order chi connectivity index (χ0) is 35.4. The SMILES string of the molecule is Cc1ccn(C2(Cl)CC(c3cccc(C(F)(F)F)c3)=CC=C2[C@@H](Oc2cc(N3CCC4(CC3)CNC(C(=O)O)C4)nc(N)n2)C(F)(F)F)n1. The number of nitrogens with one attached hydrogen (secondary N) is 1. The van der Waals surface area contributed by atoms with Crippen molar-refractivity contribution in [2.75, 3.05) is 30.3 Å². The molecule has 3 aromatic rings. The lowest BCUT2D eigenvalue weighted by Gasteiger charge is -2.39. The van der Waals surface area contributed by atoms with E-state index in [-0.39, 0.29) is 34.7 Å². The molecule has 10 nitrogen and oxygen atoms in total. The molecule has 1 spiro atoms. The van der Waals surface area contributed by atoms with Crippen molar-refractivity contribution < 1.29 is 41.0 Å². The van der Waals surface area contributed by atoms with Gasteiger partial charge in [-0.25, -0.2) is 4.68 Å². The van der Waals surface area contributed by atoms with Gasteiger partial charge >= 0.3 is 18.3 Å². The third-order valence-corrected chi connectivity index (χ3v) is 9.83. The van der Waals surface area contributed by atoms with Crippen LogP contribution in [0.5, 0.6) is 5.88 Å². The van der Waals surface area contributed by atoms with E-state index in [9.17, 15) is 36.2 Å². The molecule has 262 valence electrons. The van der Waals surface area contributed by atoms with Gasteiger partial charge in [0, 0.05) is 43.9 Å². The van der Waals surface area contributed by atoms with Crippen molar-refractivity contribution in [3.63, 3.8) is 0 Å². The molecule has 17 heteroatoms. The second kappa shape index (κ2) is 12.5. The van der Waals surface area contributed by atoms with Gasteiger partial charge in [-0.1, -0.05) is 35.9 Å². The van der Waals surface area contributed by atoms with Crippen molar-refractivity contribution in [1.82, 2.24) is 25.1 Å². The van der Waals surface area contributed by atoms with Crippen molar-refractivity contribution in [1.29, 1.82) is 0 Å². The smallest absolute Gasteiger partial charge is 0.429 e. The highest BCUT2D eigenvalue weighted by Gasteiger charge is 2.53. The minimum absolute atomic E-state index is 0.131. The number of rotatable bonds is 7. The van der Waals surface area contributed by atoms with Crippen LogP contribution < -0.4 is 20.7 Å². The average molecular weight is 712 g/mol. The lowest BCUT2D eigenvalue weighted by Crippen LogP contribution is -2.46. The summed E-state index contributed by atoms with van der Waals surface area (Å²) in [5, 5.41) is 16.7. The Morgan fingerprint density at radius 1 is 1.12 bits per heavy atom. The molecular formula is C32H32ClF6N7O3. The quantitative estimate of drug-likeness (QED) is 0.202. The number of hydrogen-bond donors (Lipinski definition) is 3. The Bertz CT molecular complexity index is 1800. The van der Waals surface area contributed by atoms with Crippen molar-refractivity contribution in [3.8, 4) is 5.88 Å². The first-order chi connectivity index (χ1) is 23.0. The summed E-state index contributed by atoms with van der Waals surface area (Å²) in [6.45, 7) is 3.06. The predicted octanol–water partition coefficient (Wildman–Crippen LogP) is 5.93. The fourth-order valence-electron chi connectivity index (χ4n) is 6.70. The molecule has 0 saturated carbocycles. The molecular weight excluding hydrogens is 680 g/mol. The van der Waals surface area contributed by atoms with E-state index in [1.807, 2.05) is 4.90 Å². The molecule has 3 aliphatic rings. The van der Waals surface area contributed by atoms with Crippen LogP contribution in [-0.2, 0) is 16.0 Å². The van der Waals surface area contributed by atoms with Gasteiger partial charge in [0.15, 0.2) is 5.00 Å². The number of benzene rings is 1. The highest BCUT2D eigenvalue weighted by molar-refractivity contribution is 6.24. The molecule has 1 aliphatic carbocycles. The van der Waals surface area contributed by atoms with Crippen molar-refractivity contribution in [3.05, 3.63) is 77.1 Å². The minimum Gasteiger partial charge on any atom is -0.480 e. The summed E-state index contributed by atoms with van der Waals surface area (Å²) in [5.41, 5.74) is 5.16. The minimum atomic E-state index is -5.04. The van der Waals surface area contributed by atoms with E-state index in [1.165, 1.54) is 36.5 Å². The maximum absolute atomic E-state index is 14.9. The van der Waals surface area contributed by atoms with Crippen LogP contribution in [0.4, 0.5) is 38.1 Å². The second-order valence-electron chi connectivity index (χ2n) is 12.7. The molecule has 4 N–H and O–H groups in total. The number of halogens is 7. The summed E-state index contributed by atoms with van der Waals surface area (Å²) in [4.78, 5) is 19.4. The van der Waals surface area contributed by atoms with E-state index < -0.39 is 52.5 Å². The first kappa shape index (κ1) is 34.5. The number of ether oxygens (including phenoxy) is 1. The predicted molar refractivity (Wildman–Crippen MR) is 168 cm³/mol. The van der Waals surface area contributed by atoms with Crippen LogP contribution in [-0.4, -0.2) is 68.8 Å². The van der Waals surface area contributed by atoms with Crippen LogP contribution in [0.2, 0.25) is 0 Å².